The van der Waals surface area contributed by atoms with Crippen LogP contribution in [-0.2, 0) is 17.8 Å². The molecule has 0 spiro atoms. The maximum Gasteiger partial charge on any atom is 0.258 e. The van der Waals surface area contributed by atoms with Crippen LogP contribution in [0.1, 0.15) is 28.0 Å². The third-order valence-corrected chi connectivity index (χ3v) is 5.04. The summed E-state index contributed by atoms with van der Waals surface area (Å²) in [5.74, 6) is -0.471. The molecule has 0 aliphatic heterocycles. The van der Waals surface area contributed by atoms with Gasteiger partial charge in [0.25, 0.3) is 5.91 Å². The van der Waals surface area contributed by atoms with Gasteiger partial charge >= 0.3 is 0 Å². The highest BCUT2D eigenvalue weighted by atomic mass is 35.5. The Balaban J connectivity index is 1.47. The van der Waals surface area contributed by atoms with Gasteiger partial charge in [0, 0.05) is 35.6 Å². The van der Waals surface area contributed by atoms with E-state index in [-0.39, 0.29) is 23.8 Å². The van der Waals surface area contributed by atoms with Crippen LogP contribution in [0.3, 0.4) is 0 Å². The van der Waals surface area contributed by atoms with Gasteiger partial charge in [-0.15, -0.1) is 11.3 Å². The quantitative estimate of drug-likeness (QED) is 0.550. The van der Waals surface area contributed by atoms with Gasteiger partial charge < -0.3 is 10.3 Å². The highest BCUT2D eigenvalue weighted by molar-refractivity contribution is 7.14. The summed E-state index contributed by atoms with van der Waals surface area (Å²) in [6.07, 6.45) is 2.08. The van der Waals surface area contributed by atoms with Gasteiger partial charge in [-0.2, -0.15) is 0 Å². The molecule has 3 N–H and O–H groups in total. The lowest BCUT2D eigenvalue weighted by molar-refractivity contribution is -0.121. The number of anilines is 1. The molecular formula is C19H17ClN4O3S. The Morgan fingerprint density at radius 3 is 2.75 bits per heavy atom. The van der Waals surface area contributed by atoms with Crippen LogP contribution in [0.15, 0.2) is 52.8 Å². The van der Waals surface area contributed by atoms with Crippen molar-refractivity contribution < 1.29 is 9.59 Å². The van der Waals surface area contributed by atoms with Crippen molar-refractivity contribution >= 4 is 39.9 Å². The Labute approximate surface area is 169 Å². The number of nitrogens with zero attached hydrogens (tertiary/aromatic N) is 1. The van der Waals surface area contributed by atoms with Crippen molar-refractivity contribution in [1.82, 2.24) is 15.3 Å². The van der Waals surface area contributed by atoms with Crippen LogP contribution in [0, 0.1) is 0 Å². The fraction of sp³-hybridized carbons (Fsp3) is 0.158. The van der Waals surface area contributed by atoms with E-state index in [0.717, 1.165) is 11.3 Å². The Kier molecular flexibility index (Phi) is 6.57. The molecule has 7 nitrogen and oxygen atoms in total. The number of thiazole rings is 1. The van der Waals surface area contributed by atoms with Crippen LogP contribution < -0.4 is 16.2 Å². The molecule has 2 heterocycles. The average molecular weight is 417 g/mol. The summed E-state index contributed by atoms with van der Waals surface area (Å²) >= 11 is 7.34. The van der Waals surface area contributed by atoms with Crippen molar-refractivity contribution in [3.05, 3.63) is 80.2 Å². The van der Waals surface area contributed by atoms with Gasteiger partial charge in [0.15, 0.2) is 5.13 Å². The van der Waals surface area contributed by atoms with E-state index in [4.69, 9.17) is 11.6 Å². The van der Waals surface area contributed by atoms with Crippen molar-refractivity contribution in [3.8, 4) is 0 Å². The predicted molar refractivity (Wildman–Crippen MR) is 109 cm³/mol. The van der Waals surface area contributed by atoms with Crippen LogP contribution in [0.5, 0.6) is 0 Å². The number of H-pyrrole nitrogens is 1. The summed E-state index contributed by atoms with van der Waals surface area (Å²) in [6.45, 7) is 0.371. The molecule has 28 heavy (non-hydrogen) atoms. The van der Waals surface area contributed by atoms with Crippen LogP contribution in [0.4, 0.5) is 5.13 Å². The zero-order valence-corrected chi connectivity index (χ0v) is 16.3. The van der Waals surface area contributed by atoms with Gasteiger partial charge in [-0.25, -0.2) is 4.98 Å². The van der Waals surface area contributed by atoms with Crippen LogP contribution in [0.25, 0.3) is 0 Å². The molecule has 9 heteroatoms. The van der Waals surface area contributed by atoms with E-state index in [1.807, 2.05) is 18.2 Å². The van der Waals surface area contributed by atoms with E-state index in [2.05, 4.69) is 20.6 Å². The first kappa shape index (κ1) is 19.8. The van der Waals surface area contributed by atoms with E-state index in [0.29, 0.717) is 28.7 Å². The number of hydrogen-bond acceptors (Lipinski definition) is 5. The SMILES string of the molecule is O=C(CCc1csc(NC(=O)c2ccc(=O)[nH]c2)n1)NCc1ccccc1Cl. The largest absolute Gasteiger partial charge is 0.352 e. The molecule has 0 saturated heterocycles. The molecule has 0 radical (unpaired) electrons. The molecule has 0 aliphatic rings. The van der Waals surface area contributed by atoms with Crippen LogP contribution in [-0.4, -0.2) is 21.8 Å². The number of benzene rings is 1. The Morgan fingerprint density at radius 2 is 2.00 bits per heavy atom. The molecule has 3 aromatic rings. The third kappa shape index (κ3) is 5.51. The number of aromatic nitrogens is 2. The van der Waals surface area contributed by atoms with Crippen molar-refractivity contribution in [3.63, 3.8) is 0 Å². The van der Waals surface area contributed by atoms with Crippen LogP contribution >= 0.6 is 22.9 Å². The van der Waals surface area contributed by atoms with Crippen molar-refractivity contribution in [2.24, 2.45) is 0 Å². The van der Waals surface area contributed by atoms with E-state index >= 15 is 0 Å². The predicted octanol–water partition coefficient (Wildman–Crippen LogP) is 2.99. The number of hydrogen-bond donors (Lipinski definition) is 3. The number of nitrogens with one attached hydrogen (secondary N) is 3. The van der Waals surface area contributed by atoms with E-state index in [1.165, 1.54) is 29.7 Å². The molecule has 0 aliphatic carbocycles. The standard InChI is InChI=1S/C19H17ClN4O3S/c20-15-4-2-1-3-12(15)9-21-17(26)8-6-14-11-28-19(23-14)24-18(27)13-5-7-16(25)22-10-13/h1-5,7,10-11H,6,8-9H2,(H,21,26)(H,22,25)(H,23,24,27). The lowest BCUT2D eigenvalue weighted by Crippen LogP contribution is -2.23. The number of amides is 2. The summed E-state index contributed by atoms with van der Waals surface area (Å²) in [4.78, 5) is 41.9. The summed E-state index contributed by atoms with van der Waals surface area (Å²) in [5.41, 5.74) is 1.63. The second kappa shape index (κ2) is 9.29. The summed E-state index contributed by atoms with van der Waals surface area (Å²) < 4.78 is 0. The molecule has 0 fully saturated rings. The second-order valence-corrected chi connectivity index (χ2v) is 7.17. The fourth-order valence-electron chi connectivity index (χ4n) is 2.37. The van der Waals surface area contributed by atoms with Crippen LogP contribution in [0.2, 0.25) is 5.02 Å². The number of carbonyl (C=O) groups is 2. The number of carbonyl (C=O) groups excluding carboxylic acids is 2. The number of pyridine rings is 1. The molecule has 0 atom stereocenters. The topological polar surface area (TPSA) is 104 Å². The Hall–Kier alpha value is -2.97. The zero-order chi connectivity index (χ0) is 19.9. The maximum atomic E-state index is 12.1. The minimum Gasteiger partial charge on any atom is -0.352 e. The van der Waals surface area contributed by atoms with Gasteiger partial charge in [-0.1, -0.05) is 29.8 Å². The average Bonchev–Trinajstić information content (AvgIpc) is 3.13. The molecule has 2 amide bonds. The second-order valence-electron chi connectivity index (χ2n) is 5.91. The molecule has 0 unspecified atom stereocenters. The molecule has 0 saturated carbocycles. The number of rotatable bonds is 7. The number of halogens is 1. The third-order valence-electron chi connectivity index (χ3n) is 3.86. The zero-order valence-electron chi connectivity index (χ0n) is 14.7. The van der Waals surface area contributed by atoms with Gasteiger partial charge in [-0.05, 0) is 24.1 Å². The minimum absolute atomic E-state index is 0.105. The lowest BCUT2D eigenvalue weighted by Gasteiger charge is -2.06. The van der Waals surface area contributed by atoms with Gasteiger partial charge in [0.2, 0.25) is 11.5 Å². The monoisotopic (exact) mass is 416 g/mol. The van der Waals surface area contributed by atoms with Crippen molar-refractivity contribution in [1.29, 1.82) is 0 Å². The van der Waals surface area contributed by atoms with Gasteiger partial charge in [0.1, 0.15) is 0 Å². The maximum absolute atomic E-state index is 12.1. The molecule has 1 aromatic carbocycles. The first-order valence-electron chi connectivity index (χ1n) is 8.46. The summed E-state index contributed by atoms with van der Waals surface area (Å²) in [6, 6.07) is 10.1. The van der Waals surface area contributed by atoms with Crippen molar-refractivity contribution in [2.75, 3.05) is 5.32 Å². The summed E-state index contributed by atoms with van der Waals surface area (Å²) in [7, 11) is 0. The van der Waals surface area contributed by atoms with Gasteiger partial charge in [0.05, 0.1) is 11.3 Å². The minimum atomic E-state index is -0.366. The fourth-order valence-corrected chi connectivity index (χ4v) is 3.31. The highest BCUT2D eigenvalue weighted by Gasteiger charge is 2.10. The van der Waals surface area contributed by atoms with E-state index in [1.54, 1.807) is 11.4 Å². The number of aromatic amines is 1. The Bertz CT molecular complexity index is 1030. The molecule has 0 bridgehead atoms. The Morgan fingerprint density at radius 1 is 1.18 bits per heavy atom. The smallest absolute Gasteiger partial charge is 0.258 e. The molecule has 2 aromatic heterocycles. The first-order chi connectivity index (χ1) is 13.5. The molecular weight excluding hydrogens is 400 g/mol. The lowest BCUT2D eigenvalue weighted by atomic mass is 10.2. The van der Waals surface area contributed by atoms with E-state index in [9.17, 15) is 14.4 Å². The molecule has 144 valence electrons. The normalized spacial score (nSPS) is 10.5. The summed E-state index contributed by atoms with van der Waals surface area (Å²) in [5, 5.41) is 8.34. The van der Waals surface area contributed by atoms with Crippen molar-refractivity contribution in [2.45, 2.75) is 19.4 Å². The number of aryl methyl sites for hydroxylation is 1. The highest BCUT2D eigenvalue weighted by Crippen LogP contribution is 2.18. The molecule has 3 rings (SSSR count). The first-order valence-corrected chi connectivity index (χ1v) is 9.71. The van der Waals surface area contributed by atoms with Gasteiger partial charge in [-0.3, -0.25) is 19.7 Å². The van der Waals surface area contributed by atoms with E-state index < -0.39 is 0 Å².